The third-order valence-corrected chi connectivity index (χ3v) is 2.37. The van der Waals surface area contributed by atoms with Crippen LogP contribution in [0.1, 0.15) is 12.5 Å². The Labute approximate surface area is 105 Å². The lowest BCUT2D eigenvalue weighted by atomic mass is 10.2. The second kappa shape index (κ2) is 4.91. The summed E-state index contributed by atoms with van der Waals surface area (Å²) in [6.07, 6.45) is 0. The first-order valence-electron chi connectivity index (χ1n) is 5.46. The maximum atomic E-state index is 11.2. The molecule has 0 fully saturated rings. The van der Waals surface area contributed by atoms with Crippen molar-refractivity contribution >= 4 is 11.9 Å². The average molecular weight is 247 g/mol. The van der Waals surface area contributed by atoms with Gasteiger partial charge in [0.25, 0.3) is 0 Å². The van der Waals surface area contributed by atoms with Gasteiger partial charge in [-0.05, 0) is 25.1 Å². The molecule has 0 bridgehead atoms. The number of benzene rings is 1. The van der Waals surface area contributed by atoms with Crippen LogP contribution in [0.15, 0.2) is 35.5 Å². The molecule has 0 radical (unpaired) electrons. The molecule has 0 amide bonds. The fraction of sp³-hybridized carbons (Fsp3) is 0.231. The van der Waals surface area contributed by atoms with Crippen molar-refractivity contribution in [2.75, 3.05) is 13.7 Å². The Bertz CT molecular complexity index is 534. The molecule has 1 aromatic rings. The fourth-order valence-corrected chi connectivity index (χ4v) is 1.54. The van der Waals surface area contributed by atoms with Gasteiger partial charge >= 0.3 is 5.97 Å². The molecular formula is C13H13NO4. The predicted molar refractivity (Wildman–Crippen MR) is 65.9 cm³/mol. The highest BCUT2D eigenvalue weighted by atomic mass is 16.6. The standard InChI is InChI=1S/C13H13NO4/c1-4-17-10-6-5-9(7-11(10)16-3)12-14-8(2)13(15)18-12/h5-7H,2,4H2,1,3H3. The Hall–Kier alpha value is -2.30. The second-order valence-electron chi connectivity index (χ2n) is 3.55. The summed E-state index contributed by atoms with van der Waals surface area (Å²) in [5.41, 5.74) is 0.736. The van der Waals surface area contributed by atoms with Crippen LogP contribution >= 0.6 is 0 Å². The molecule has 0 saturated heterocycles. The van der Waals surface area contributed by atoms with Crippen LogP contribution in [0.25, 0.3) is 0 Å². The number of hydrogen-bond acceptors (Lipinski definition) is 5. The lowest BCUT2D eigenvalue weighted by Gasteiger charge is -2.10. The number of rotatable bonds is 4. The van der Waals surface area contributed by atoms with Crippen LogP contribution in [0.4, 0.5) is 0 Å². The molecule has 2 rings (SSSR count). The van der Waals surface area contributed by atoms with Crippen molar-refractivity contribution in [1.82, 2.24) is 0 Å². The van der Waals surface area contributed by atoms with Crippen molar-refractivity contribution in [2.24, 2.45) is 4.99 Å². The maximum Gasteiger partial charge on any atom is 0.363 e. The zero-order valence-corrected chi connectivity index (χ0v) is 10.2. The first-order valence-corrected chi connectivity index (χ1v) is 5.46. The minimum absolute atomic E-state index is 0.0952. The summed E-state index contributed by atoms with van der Waals surface area (Å²) < 4.78 is 15.6. The molecule has 0 aliphatic carbocycles. The lowest BCUT2D eigenvalue weighted by molar-refractivity contribution is -0.129. The van der Waals surface area contributed by atoms with Gasteiger partial charge in [-0.1, -0.05) is 6.58 Å². The number of ether oxygens (including phenoxy) is 3. The molecule has 5 heteroatoms. The van der Waals surface area contributed by atoms with Gasteiger partial charge in [0.05, 0.1) is 13.7 Å². The molecule has 18 heavy (non-hydrogen) atoms. The van der Waals surface area contributed by atoms with E-state index in [9.17, 15) is 4.79 Å². The van der Waals surface area contributed by atoms with E-state index >= 15 is 0 Å². The molecule has 94 valence electrons. The third-order valence-electron chi connectivity index (χ3n) is 2.37. The van der Waals surface area contributed by atoms with Crippen LogP contribution in [-0.2, 0) is 9.53 Å². The highest BCUT2D eigenvalue weighted by Crippen LogP contribution is 2.29. The molecule has 0 unspecified atom stereocenters. The largest absolute Gasteiger partial charge is 0.493 e. The molecule has 5 nitrogen and oxygen atoms in total. The van der Waals surface area contributed by atoms with Crippen molar-refractivity contribution in [3.8, 4) is 11.5 Å². The average Bonchev–Trinajstić information content (AvgIpc) is 2.70. The third kappa shape index (κ3) is 2.20. The normalized spacial score (nSPS) is 14.2. The molecule has 1 aromatic carbocycles. The van der Waals surface area contributed by atoms with Crippen molar-refractivity contribution in [3.05, 3.63) is 36.0 Å². The van der Waals surface area contributed by atoms with E-state index in [1.807, 2.05) is 6.92 Å². The quantitative estimate of drug-likeness (QED) is 0.602. The highest BCUT2D eigenvalue weighted by molar-refractivity contribution is 6.11. The smallest absolute Gasteiger partial charge is 0.363 e. The number of nitrogens with zero attached hydrogens (tertiary/aromatic N) is 1. The van der Waals surface area contributed by atoms with E-state index in [4.69, 9.17) is 14.2 Å². The summed E-state index contributed by atoms with van der Waals surface area (Å²) in [6, 6.07) is 5.20. The molecule has 0 N–H and O–H groups in total. The summed E-state index contributed by atoms with van der Waals surface area (Å²) in [7, 11) is 1.54. The fourth-order valence-electron chi connectivity index (χ4n) is 1.54. The Kier molecular flexibility index (Phi) is 3.32. The van der Waals surface area contributed by atoms with E-state index in [0.717, 1.165) is 0 Å². The topological polar surface area (TPSA) is 57.1 Å². The summed E-state index contributed by atoms with van der Waals surface area (Å²) >= 11 is 0. The number of cyclic esters (lactones) is 1. The van der Waals surface area contributed by atoms with E-state index in [2.05, 4.69) is 11.6 Å². The van der Waals surface area contributed by atoms with Crippen LogP contribution in [0.2, 0.25) is 0 Å². The molecule has 1 aliphatic rings. The summed E-state index contributed by atoms with van der Waals surface area (Å²) in [4.78, 5) is 15.1. The van der Waals surface area contributed by atoms with Gasteiger partial charge in [-0.2, -0.15) is 0 Å². The first-order chi connectivity index (χ1) is 8.65. The van der Waals surface area contributed by atoms with Gasteiger partial charge in [0.1, 0.15) is 5.70 Å². The van der Waals surface area contributed by atoms with Crippen molar-refractivity contribution in [3.63, 3.8) is 0 Å². The Morgan fingerprint density at radius 1 is 1.39 bits per heavy atom. The first kappa shape index (κ1) is 12.2. The Morgan fingerprint density at radius 2 is 2.17 bits per heavy atom. The minimum atomic E-state index is -0.530. The van der Waals surface area contributed by atoms with Crippen molar-refractivity contribution in [1.29, 1.82) is 0 Å². The van der Waals surface area contributed by atoms with E-state index in [0.29, 0.717) is 23.7 Å². The van der Waals surface area contributed by atoms with Crippen molar-refractivity contribution < 1.29 is 19.0 Å². The SMILES string of the molecule is C=C1N=C(c2ccc(OCC)c(OC)c2)OC1=O. The number of carbonyl (C=O) groups excluding carboxylic acids is 1. The number of carbonyl (C=O) groups is 1. The van der Waals surface area contributed by atoms with E-state index < -0.39 is 5.97 Å². The van der Waals surface area contributed by atoms with E-state index in [1.54, 1.807) is 25.3 Å². The Morgan fingerprint density at radius 3 is 2.72 bits per heavy atom. The summed E-state index contributed by atoms with van der Waals surface area (Å²) in [5.74, 6) is 0.891. The van der Waals surface area contributed by atoms with Crippen molar-refractivity contribution in [2.45, 2.75) is 6.92 Å². The van der Waals surface area contributed by atoms with Gasteiger partial charge in [0, 0.05) is 5.56 Å². The van der Waals surface area contributed by atoms with Crippen LogP contribution in [0.3, 0.4) is 0 Å². The van der Waals surface area contributed by atoms with Crippen LogP contribution in [-0.4, -0.2) is 25.6 Å². The number of hydrogen-bond donors (Lipinski definition) is 0. The van der Waals surface area contributed by atoms with Gasteiger partial charge in [0.15, 0.2) is 11.5 Å². The predicted octanol–water partition coefficient (Wildman–Crippen LogP) is 1.91. The Balaban J connectivity index is 2.33. The lowest BCUT2D eigenvalue weighted by Crippen LogP contribution is -2.06. The van der Waals surface area contributed by atoms with Gasteiger partial charge in [-0.3, -0.25) is 0 Å². The van der Waals surface area contributed by atoms with E-state index in [1.165, 1.54) is 0 Å². The number of esters is 1. The second-order valence-corrected chi connectivity index (χ2v) is 3.55. The zero-order chi connectivity index (χ0) is 13.1. The molecule has 0 saturated carbocycles. The van der Waals surface area contributed by atoms with Crippen LogP contribution in [0.5, 0.6) is 11.5 Å². The van der Waals surface area contributed by atoms with Gasteiger partial charge in [-0.15, -0.1) is 0 Å². The van der Waals surface area contributed by atoms with Gasteiger partial charge < -0.3 is 14.2 Å². The monoisotopic (exact) mass is 247 g/mol. The molecule has 0 aromatic heterocycles. The van der Waals surface area contributed by atoms with Gasteiger partial charge in [-0.25, -0.2) is 9.79 Å². The zero-order valence-electron chi connectivity index (χ0n) is 10.2. The van der Waals surface area contributed by atoms with E-state index in [-0.39, 0.29) is 11.6 Å². The summed E-state index contributed by atoms with van der Waals surface area (Å²) in [6.45, 7) is 5.92. The van der Waals surface area contributed by atoms with Crippen LogP contribution in [0, 0.1) is 0 Å². The molecule has 1 heterocycles. The minimum Gasteiger partial charge on any atom is -0.493 e. The molecular weight excluding hydrogens is 234 g/mol. The molecule has 0 spiro atoms. The maximum absolute atomic E-state index is 11.2. The molecule has 1 aliphatic heterocycles. The number of aliphatic imine (C=N–C) groups is 1. The number of methoxy groups -OCH3 is 1. The summed E-state index contributed by atoms with van der Waals surface area (Å²) in [5, 5.41) is 0. The van der Waals surface area contributed by atoms with Gasteiger partial charge in [0.2, 0.25) is 5.90 Å². The molecule has 0 atom stereocenters. The van der Waals surface area contributed by atoms with Crippen LogP contribution < -0.4 is 9.47 Å². The highest BCUT2D eigenvalue weighted by Gasteiger charge is 2.23.